The molecule has 0 amide bonds. The summed E-state index contributed by atoms with van der Waals surface area (Å²) in [5.74, 6) is 2.56. The topological polar surface area (TPSA) is 69.4 Å². The number of ether oxygens (including phenoxy) is 2. The van der Waals surface area contributed by atoms with Crippen LogP contribution in [-0.4, -0.2) is 30.4 Å². The Kier molecular flexibility index (Phi) is 3.83. The molecule has 20 heavy (non-hydrogen) atoms. The van der Waals surface area contributed by atoms with E-state index in [4.69, 9.17) is 13.9 Å². The van der Waals surface area contributed by atoms with E-state index in [1.54, 1.807) is 0 Å². The monoisotopic (exact) mass is 275 g/mol. The van der Waals surface area contributed by atoms with E-state index in [1.165, 1.54) is 0 Å². The maximum absolute atomic E-state index is 5.82. The number of fused-ring (bicyclic) bond motifs is 1. The molecule has 2 heterocycles. The average molecular weight is 275 g/mol. The van der Waals surface area contributed by atoms with Crippen molar-refractivity contribution in [1.29, 1.82) is 0 Å². The molecule has 1 N–H and O–H groups in total. The van der Waals surface area contributed by atoms with E-state index in [9.17, 15) is 0 Å². The van der Waals surface area contributed by atoms with Crippen LogP contribution in [0.5, 0.6) is 11.5 Å². The molecule has 0 spiro atoms. The summed E-state index contributed by atoms with van der Waals surface area (Å²) in [6.07, 6.45) is 1.39. The van der Waals surface area contributed by atoms with E-state index in [0.29, 0.717) is 24.1 Å². The van der Waals surface area contributed by atoms with Crippen LogP contribution in [0.25, 0.3) is 0 Å². The second-order valence-electron chi connectivity index (χ2n) is 4.61. The van der Waals surface area contributed by atoms with E-state index in [1.807, 2.05) is 31.3 Å². The minimum Gasteiger partial charge on any atom is -0.485 e. The van der Waals surface area contributed by atoms with Crippen LogP contribution >= 0.6 is 0 Å². The molecule has 0 bridgehead atoms. The number of benzene rings is 1. The molecule has 6 heteroatoms. The molecule has 1 atom stereocenters. The van der Waals surface area contributed by atoms with Crippen LogP contribution in [0.3, 0.4) is 0 Å². The number of hydrogen-bond acceptors (Lipinski definition) is 6. The molecule has 0 aliphatic carbocycles. The summed E-state index contributed by atoms with van der Waals surface area (Å²) in [5.41, 5.74) is 0. The predicted molar refractivity (Wildman–Crippen MR) is 71.9 cm³/mol. The van der Waals surface area contributed by atoms with Gasteiger partial charge in [-0.25, -0.2) is 0 Å². The minimum atomic E-state index is -0.338. The van der Waals surface area contributed by atoms with Crippen molar-refractivity contribution in [3.8, 4) is 11.5 Å². The molecule has 0 fully saturated rings. The number of nitrogens with zero attached hydrogens (tertiary/aromatic N) is 2. The standard InChI is InChI=1S/C14H17N3O3/c1-15-8-4-7-13-16-17-14(20-13)12-9-18-10-5-2-3-6-11(10)19-12/h2-3,5-6,12,15H,4,7-9H2,1H3. The quantitative estimate of drug-likeness (QED) is 0.838. The molecular formula is C14H17N3O3. The number of nitrogens with one attached hydrogen (secondary N) is 1. The zero-order valence-electron chi connectivity index (χ0n) is 11.3. The molecule has 0 saturated carbocycles. The lowest BCUT2D eigenvalue weighted by atomic mass is 10.2. The zero-order chi connectivity index (χ0) is 13.8. The van der Waals surface area contributed by atoms with Crippen molar-refractivity contribution < 1.29 is 13.9 Å². The highest BCUT2D eigenvalue weighted by Crippen LogP contribution is 2.35. The van der Waals surface area contributed by atoms with Crippen molar-refractivity contribution in [3.05, 3.63) is 36.0 Å². The minimum absolute atomic E-state index is 0.338. The van der Waals surface area contributed by atoms with Crippen molar-refractivity contribution in [1.82, 2.24) is 15.5 Å². The molecule has 3 rings (SSSR count). The lowest BCUT2D eigenvalue weighted by molar-refractivity contribution is 0.0703. The van der Waals surface area contributed by atoms with E-state index < -0.39 is 0 Å². The Morgan fingerprint density at radius 1 is 1.25 bits per heavy atom. The largest absolute Gasteiger partial charge is 0.485 e. The fourth-order valence-corrected chi connectivity index (χ4v) is 2.06. The van der Waals surface area contributed by atoms with Gasteiger partial charge in [-0.3, -0.25) is 0 Å². The van der Waals surface area contributed by atoms with Crippen LogP contribution in [0.15, 0.2) is 28.7 Å². The molecule has 0 saturated heterocycles. The van der Waals surface area contributed by atoms with Gasteiger partial charge in [0.25, 0.3) is 5.89 Å². The summed E-state index contributed by atoms with van der Waals surface area (Å²) in [5, 5.41) is 11.2. The molecular weight excluding hydrogens is 258 g/mol. The van der Waals surface area contributed by atoms with Gasteiger partial charge in [-0.15, -0.1) is 10.2 Å². The van der Waals surface area contributed by atoms with Crippen molar-refractivity contribution in [3.63, 3.8) is 0 Å². The Bertz CT molecular complexity index is 570. The highest BCUT2D eigenvalue weighted by atomic mass is 16.6. The zero-order valence-corrected chi connectivity index (χ0v) is 11.3. The second kappa shape index (κ2) is 5.92. The van der Waals surface area contributed by atoms with Gasteiger partial charge in [0.1, 0.15) is 6.61 Å². The SMILES string of the molecule is CNCCCc1nnc(C2COc3ccccc3O2)o1. The summed E-state index contributed by atoms with van der Waals surface area (Å²) in [6, 6.07) is 7.56. The Hall–Kier alpha value is -2.08. The van der Waals surface area contributed by atoms with Crippen LogP contribution in [0.4, 0.5) is 0 Å². The van der Waals surface area contributed by atoms with Crippen molar-refractivity contribution >= 4 is 0 Å². The maximum Gasteiger partial charge on any atom is 0.260 e. The third-order valence-corrected chi connectivity index (χ3v) is 3.08. The first-order valence-corrected chi connectivity index (χ1v) is 6.72. The summed E-state index contributed by atoms with van der Waals surface area (Å²) >= 11 is 0. The lowest BCUT2D eigenvalue weighted by Crippen LogP contribution is -2.21. The Labute approximate surface area is 117 Å². The van der Waals surface area contributed by atoms with Gasteiger partial charge >= 0.3 is 0 Å². The van der Waals surface area contributed by atoms with Crippen molar-refractivity contribution in [2.75, 3.05) is 20.2 Å². The van der Waals surface area contributed by atoms with Crippen LogP contribution < -0.4 is 14.8 Å². The number of para-hydroxylation sites is 2. The smallest absolute Gasteiger partial charge is 0.260 e. The highest BCUT2D eigenvalue weighted by molar-refractivity contribution is 5.40. The van der Waals surface area contributed by atoms with E-state index in [-0.39, 0.29) is 6.10 Å². The van der Waals surface area contributed by atoms with E-state index in [0.717, 1.165) is 25.1 Å². The number of hydrogen-bond donors (Lipinski definition) is 1. The number of aromatic nitrogens is 2. The molecule has 1 unspecified atom stereocenters. The maximum atomic E-state index is 5.82. The molecule has 1 aromatic heterocycles. The van der Waals surface area contributed by atoms with Gasteiger partial charge in [-0.1, -0.05) is 12.1 Å². The van der Waals surface area contributed by atoms with Crippen LogP contribution in [-0.2, 0) is 6.42 Å². The van der Waals surface area contributed by atoms with Crippen molar-refractivity contribution in [2.45, 2.75) is 18.9 Å². The predicted octanol–water partition coefficient (Wildman–Crippen LogP) is 1.73. The molecule has 1 aromatic carbocycles. The van der Waals surface area contributed by atoms with Gasteiger partial charge < -0.3 is 19.2 Å². The van der Waals surface area contributed by atoms with Gasteiger partial charge in [0, 0.05) is 6.42 Å². The van der Waals surface area contributed by atoms with Crippen LogP contribution in [0.2, 0.25) is 0 Å². The summed E-state index contributed by atoms with van der Waals surface area (Å²) < 4.78 is 17.1. The molecule has 6 nitrogen and oxygen atoms in total. The van der Waals surface area contributed by atoms with Gasteiger partial charge in [0.15, 0.2) is 11.5 Å². The number of rotatable bonds is 5. The van der Waals surface area contributed by atoms with Gasteiger partial charge in [0.05, 0.1) is 0 Å². The fourth-order valence-electron chi connectivity index (χ4n) is 2.06. The Balaban J connectivity index is 1.66. The average Bonchev–Trinajstić information content (AvgIpc) is 2.96. The molecule has 2 aromatic rings. The highest BCUT2D eigenvalue weighted by Gasteiger charge is 2.27. The third-order valence-electron chi connectivity index (χ3n) is 3.08. The fraction of sp³-hybridized carbons (Fsp3) is 0.429. The first-order valence-electron chi connectivity index (χ1n) is 6.72. The molecule has 1 aliphatic rings. The summed E-state index contributed by atoms with van der Waals surface area (Å²) in [4.78, 5) is 0. The van der Waals surface area contributed by atoms with E-state index >= 15 is 0 Å². The van der Waals surface area contributed by atoms with Gasteiger partial charge in [-0.2, -0.15) is 0 Å². The van der Waals surface area contributed by atoms with Crippen LogP contribution in [0.1, 0.15) is 24.3 Å². The molecule has 1 aliphatic heterocycles. The van der Waals surface area contributed by atoms with E-state index in [2.05, 4.69) is 15.5 Å². The number of aryl methyl sites for hydroxylation is 1. The normalized spacial score (nSPS) is 17.1. The Morgan fingerprint density at radius 2 is 2.10 bits per heavy atom. The molecule has 106 valence electrons. The van der Waals surface area contributed by atoms with Gasteiger partial charge in [-0.05, 0) is 32.1 Å². The Morgan fingerprint density at radius 3 is 2.95 bits per heavy atom. The van der Waals surface area contributed by atoms with Crippen molar-refractivity contribution in [2.24, 2.45) is 0 Å². The second-order valence-corrected chi connectivity index (χ2v) is 4.61. The van der Waals surface area contributed by atoms with Gasteiger partial charge in [0.2, 0.25) is 12.0 Å². The first kappa shape index (κ1) is 12.9. The third kappa shape index (κ3) is 2.75. The lowest BCUT2D eigenvalue weighted by Gasteiger charge is -2.23. The summed E-state index contributed by atoms with van der Waals surface area (Å²) in [7, 11) is 1.92. The molecule has 0 radical (unpaired) electrons. The van der Waals surface area contributed by atoms with Crippen LogP contribution in [0, 0.1) is 0 Å². The first-order chi connectivity index (χ1) is 9.86. The summed E-state index contributed by atoms with van der Waals surface area (Å²) in [6.45, 7) is 1.31.